The highest BCUT2D eigenvalue weighted by Crippen LogP contribution is 2.32. The molecule has 312 valence electrons. The van der Waals surface area contributed by atoms with E-state index in [0.29, 0.717) is 23.9 Å². The number of alkyl halides is 3. The number of likely N-dealkylation sites (tertiary alicyclic amines) is 1. The first-order valence-electron chi connectivity index (χ1n) is 19.1. The number of carbonyl (C=O) groups is 4. The van der Waals surface area contributed by atoms with Crippen molar-refractivity contribution < 1.29 is 41.8 Å². The highest BCUT2D eigenvalue weighted by atomic mass is 19.4. The average molecular weight is 818 g/mol. The first-order chi connectivity index (χ1) is 28.2. The van der Waals surface area contributed by atoms with Gasteiger partial charge in [0.1, 0.15) is 30.3 Å². The van der Waals surface area contributed by atoms with Gasteiger partial charge in [-0.25, -0.2) is 19.6 Å². The minimum absolute atomic E-state index is 0.000608. The molecule has 3 atom stereocenters. The average Bonchev–Trinajstić information content (AvgIpc) is 4.02. The summed E-state index contributed by atoms with van der Waals surface area (Å²) in [7, 11) is 2.43. The predicted octanol–water partition coefficient (Wildman–Crippen LogP) is 5.01. The Hall–Kier alpha value is -6.35. The normalized spacial score (nSPS) is 17.6. The molecule has 6 rings (SSSR count). The molecule has 0 spiro atoms. The van der Waals surface area contributed by atoms with Gasteiger partial charge in [-0.05, 0) is 48.6 Å². The summed E-state index contributed by atoms with van der Waals surface area (Å²) < 4.78 is 49.5. The fourth-order valence-corrected chi connectivity index (χ4v) is 7.19. The number of hydrogen-bond acceptors (Lipinski definition) is 9. The van der Waals surface area contributed by atoms with Crippen molar-refractivity contribution in [2.24, 2.45) is 5.92 Å². The number of nitrogens with one attached hydrogen (secondary N) is 4. The van der Waals surface area contributed by atoms with E-state index in [9.17, 15) is 32.3 Å². The number of ether oxygens (including phenoxy) is 2. The second kappa shape index (κ2) is 18.5. The maximum atomic E-state index is 13.8. The second-order valence-corrected chi connectivity index (χ2v) is 14.6. The van der Waals surface area contributed by atoms with Gasteiger partial charge in [0.15, 0.2) is 0 Å². The molecule has 0 radical (unpaired) electrons. The molecule has 4 heterocycles. The van der Waals surface area contributed by atoms with Crippen LogP contribution in [-0.4, -0.2) is 124 Å². The van der Waals surface area contributed by atoms with Crippen LogP contribution in [0, 0.1) is 17.8 Å². The van der Waals surface area contributed by atoms with Gasteiger partial charge in [-0.1, -0.05) is 50.0 Å². The lowest BCUT2D eigenvalue weighted by Gasteiger charge is -2.42. The van der Waals surface area contributed by atoms with Crippen molar-refractivity contribution in [1.82, 2.24) is 45.3 Å². The molecule has 2 saturated heterocycles. The van der Waals surface area contributed by atoms with Gasteiger partial charge in [-0.3, -0.25) is 14.5 Å². The minimum Gasteiger partial charge on any atom is -0.453 e. The highest BCUT2D eigenvalue weighted by molar-refractivity contribution is 5.86. The number of H-pyrrole nitrogens is 2. The zero-order valence-corrected chi connectivity index (χ0v) is 33.1. The smallest absolute Gasteiger partial charge is 0.407 e. The minimum atomic E-state index is -4.42. The number of aromatic amines is 2. The SMILES string of the molecule is COC(=O)NCC(=O)N1CCC[C@H]1c1ncc(-c2ccc(C#Cc3ccc(-c4c[nH]c([C@@H]5CN(CC(F)(F)F)CCN5C(=O)[C@@H](NC(=O)OC)C(C)C)n4)cc3)cc2)[nH]1. The molecule has 2 aromatic heterocycles. The maximum absolute atomic E-state index is 13.8. The van der Waals surface area contributed by atoms with Gasteiger partial charge in [0.25, 0.3) is 0 Å². The predicted molar refractivity (Wildman–Crippen MR) is 209 cm³/mol. The van der Waals surface area contributed by atoms with E-state index in [1.807, 2.05) is 48.5 Å². The molecule has 59 heavy (non-hydrogen) atoms. The summed E-state index contributed by atoms with van der Waals surface area (Å²) in [5, 5.41) is 4.99. The molecule has 2 aromatic carbocycles. The molecule has 0 aliphatic carbocycles. The van der Waals surface area contributed by atoms with Gasteiger partial charge < -0.3 is 39.9 Å². The number of amides is 4. The van der Waals surface area contributed by atoms with E-state index in [4.69, 9.17) is 9.72 Å². The number of carbonyl (C=O) groups excluding carboxylic acids is 4. The molecule has 2 fully saturated rings. The zero-order valence-electron chi connectivity index (χ0n) is 33.1. The molecule has 0 unspecified atom stereocenters. The summed E-state index contributed by atoms with van der Waals surface area (Å²) >= 11 is 0. The molecule has 0 bridgehead atoms. The molecule has 4 N–H and O–H groups in total. The molecule has 4 aromatic rings. The van der Waals surface area contributed by atoms with Crippen molar-refractivity contribution in [1.29, 1.82) is 0 Å². The fraction of sp³-hybridized carbons (Fsp3) is 0.415. The first-order valence-corrected chi connectivity index (χ1v) is 19.1. The molecule has 4 amide bonds. The van der Waals surface area contributed by atoms with Crippen molar-refractivity contribution in [3.05, 3.63) is 83.7 Å². The van der Waals surface area contributed by atoms with Crippen molar-refractivity contribution >= 4 is 24.0 Å². The highest BCUT2D eigenvalue weighted by Gasteiger charge is 2.41. The first kappa shape index (κ1) is 42.3. The standard InChI is InChI=1S/C41H46F3N9O6/c1-25(2)35(50-40(57)59-4)38(55)53-19-18-51(24-41(42,43)44)23-33(53)37-46-21-31(49-37)29-15-11-27(12-16-29)8-7-26-9-13-28(14-10-26)30-20-45-36(48-30)32-6-5-17-52(32)34(54)22-47-39(56)58-3/h9-16,20-21,25,32-33,35H,5-6,17-19,22-24H2,1-4H3,(H,45,48)(H,46,49)(H,47,56)(H,50,57)/t32-,33-,35-/m0/s1. The monoisotopic (exact) mass is 817 g/mol. The number of rotatable bonds is 10. The summed E-state index contributed by atoms with van der Waals surface area (Å²) in [5.74, 6) is 6.35. The van der Waals surface area contributed by atoms with Crippen LogP contribution in [0.4, 0.5) is 22.8 Å². The van der Waals surface area contributed by atoms with Crippen LogP contribution in [-0.2, 0) is 19.1 Å². The number of alkyl carbamates (subject to hydrolysis) is 2. The van der Waals surface area contributed by atoms with E-state index in [2.05, 4.69) is 42.2 Å². The van der Waals surface area contributed by atoms with E-state index in [0.717, 1.165) is 40.8 Å². The quantitative estimate of drug-likeness (QED) is 0.160. The Balaban J connectivity index is 1.11. The van der Waals surface area contributed by atoms with Crippen molar-refractivity contribution in [3.63, 3.8) is 0 Å². The molecule has 2 aliphatic rings. The lowest BCUT2D eigenvalue weighted by atomic mass is 10.0. The Morgan fingerprint density at radius 2 is 1.54 bits per heavy atom. The van der Waals surface area contributed by atoms with Crippen molar-refractivity contribution in [2.45, 2.75) is 51.0 Å². The third-order valence-corrected chi connectivity index (χ3v) is 10.2. The van der Waals surface area contributed by atoms with Crippen LogP contribution in [0.3, 0.4) is 0 Å². The van der Waals surface area contributed by atoms with E-state index in [-0.39, 0.29) is 44.0 Å². The Morgan fingerprint density at radius 3 is 2.17 bits per heavy atom. The van der Waals surface area contributed by atoms with Gasteiger partial charge in [0.2, 0.25) is 11.8 Å². The fourth-order valence-electron chi connectivity index (χ4n) is 7.19. The van der Waals surface area contributed by atoms with Crippen LogP contribution in [0.5, 0.6) is 0 Å². The number of nitrogens with zero attached hydrogens (tertiary/aromatic N) is 5. The van der Waals surface area contributed by atoms with Crippen LogP contribution < -0.4 is 10.6 Å². The number of aromatic nitrogens is 4. The van der Waals surface area contributed by atoms with E-state index in [1.54, 1.807) is 31.1 Å². The van der Waals surface area contributed by atoms with E-state index >= 15 is 0 Å². The third kappa shape index (κ3) is 10.6. The number of methoxy groups -OCH3 is 2. The van der Waals surface area contributed by atoms with Crippen LogP contribution in [0.2, 0.25) is 0 Å². The van der Waals surface area contributed by atoms with Crippen LogP contribution in [0.1, 0.15) is 61.5 Å². The second-order valence-electron chi connectivity index (χ2n) is 14.6. The molecular formula is C41H46F3N9O6. The van der Waals surface area contributed by atoms with Crippen molar-refractivity contribution in [3.8, 4) is 34.4 Å². The largest absolute Gasteiger partial charge is 0.453 e. The lowest BCUT2D eigenvalue weighted by molar-refractivity contribution is -0.157. The molecular weight excluding hydrogens is 772 g/mol. The van der Waals surface area contributed by atoms with Gasteiger partial charge in [0, 0.05) is 49.1 Å². The van der Waals surface area contributed by atoms with Crippen molar-refractivity contribution in [2.75, 3.05) is 53.5 Å². The molecule has 0 saturated carbocycles. The summed E-state index contributed by atoms with van der Waals surface area (Å²) in [4.78, 5) is 70.1. The van der Waals surface area contributed by atoms with Crippen LogP contribution in [0.15, 0.2) is 60.9 Å². The Kier molecular flexibility index (Phi) is 13.2. The van der Waals surface area contributed by atoms with Crippen LogP contribution in [0.25, 0.3) is 22.5 Å². The van der Waals surface area contributed by atoms with Gasteiger partial charge in [-0.2, -0.15) is 13.2 Å². The summed E-state index contributed by atoms with van der Waals surface area (Å²) in [6, 6.07) is 13.0. The van der Waals surface area contributed by atoms with E-state index < -0.39 is 42.9 Å². The Labute approximate surface area is 339 Å². The van der Waals surface area contributed by atoms with Gasteiger partial charge in [0.05, 0.1) is 44.4 Å². The number of piperazine rings is 1. The van der Waals surface area contributed by atoms with Gasteiger partial charge >= 0.3 is 18.4 Å². The molecule has 2 aliphatic heterocycles. The third-order valence-electron chi connectivity index (χ3n) is 10.2. The molecule has 18 heteroatoms. The number of hydrogen-bond donors (Lipinski definition) is 4. The topological polar surface area (TPSA) is 178 Å². The number of imidazole rings is 2. The summed E-state index contributed by atoms with van der Waals surface area (Å²) in [5.41, 5.74) is 4.49. The zero-order chi connectivity index (χ0) is 42.3. The Morgan fingerprint density at radius 1 is 0.881 bits per heavy atom. The molecule has 15 nitrogen and oxygen atoms in total. The number of halogens is 3. The Bertz CT molecular complexity index is 2180. The summed E-state index contributed by atoms with van der Waals surface area (Å²) in [6.07, 6.45) is -0.922. The van der Waals surface area contributed by atoms with Gasteiger partial charge in [-0.15, -0.1) is 0 Å². The van der Waals surface area contributed by atoms with Crippen LogP contribution >= 0.6 is 0 Å². The van der Waals surface area contributed by atoms with E-state index in [1.165, 1.54) is 24.0 Å². The lowest BCUT2D eigenvalue weighted by Crippen LogP contribution is -2.58. The number of benzene rings is 2. The maximum Gasteiger partial charge on any atom is 0.407 e. The summed E-state index contributed by atoms with van der Waals surface area (Å²) in [6.45, 7) is 2.70.